The quantitative estimate of drug-likeness (QED) is 0.921. The van der Waals surface area contributed by atoms with Gasteiger partial charge in [-0.15, -0.1) is 0 Å². The SMILES string of the molecule is Cc1cc(C)n(CCCC(=O)N2CC[C@H](c3[nH]ncc3C)C2)n1. The van der Waals surface area contributed by atoms with Gasteiger partial charge in [-0.25, -0.2) is 0 Å². The number of carbonyl (C=O) groups is 1. The van der Waals surface area contributed by atoms with Gasteiger partial charge in [-0.05, 0) is 45.2 Å². The van der Waals surface area contributed by atoms with Crippen LogP contribution in [0.15, 0.2) is 12.3 Å². The molecule has 3 heterocycles. The van der Waals surface area contributed by atoms with Gasteiger partial charge in [-0.3, -0.25) is 14.6 Å². The van der Waals surface area contributed by atoms with E-state index in [1.54, 1.807) is 0 Å². The van der Waals surface area contributed by atoms with Gasteiger partial charge in [-0.2, -0.15) is 10.2 Å². The second-order valence-electron chi connectivity index (χ2n) is 6.55. The van der Waals surface area contributed by atoms with E-state index in [1.807, 2.05) is 22.7 Å². The molecule has 1 amide bonds. The molecule has 0 radical (unpaired) electrons. The first kappa shape index (κ1) is 15.8. The molecule has 3 rings (SSSR count). The zero-order valence-electron chi connectivity index (χ0n) is 14.2. The number of amides is 1. The summed E-state index contributed by atoms with van der Waals surface area (Å²) in [7, 11) is 0. The largest absolute Gasteiger partial charge is 0.342 e. The molecule has 6 heteroatoms. The minimum Gasteiger partial charge on any atom is -0.342 e. The molecule has 1 fully saturated rings. The topological polar surface area (TPSA) is 66.8 Å². The molecule has 2 aromatic heterocycles. The van der Waals surface area contributed by atoms with Gasteiger partial charge in [0.2, 0.25) is 5.91 Å². The normalized spacial score (nSPS) is 17.9. The number of aromatic nitrogens is 4. The van der Waals surface area contributed by atoms with Gasteiger partial charge >= 0.3 is 0 Å². The Morgan fingerprint density at radius 2 is 2.22 bits per heavy atom. The number of nitrogens with zero attached hydrogens (tertiary/aromatic N) is 4. The zero-order valence-corrected chi connectivity index (χ0v) is 14.2. The molecule has 1 atom stereocenters. The smallest absolute Gasteiger partial charge is 0.222 e. The van der Waals surface area contributed by atoms with Crippen LogP contribution in [-0.4, -0.2) is 43.9 Å². The van der Waals surface area contributed by atoms with Gasteiger partial charge in [0, 0.05) is 43.4 Å². The van der Waals surface area contributed by atoms with Crippen molar-refractivity contribution in [3.63, 3.8) is 0 Å². The third-order valence-electron chi connectivity index (χ3n) is 4.68. The van der Waals surface area contributed by atoms with Crippen LogP contribution in [0.3, 0.4) is 0 Å². The fourth-order valence-electron chi connectivity index (χ4n) is 3.43. The molecule has 1 aliphatic rings. The molecule has 0 unspecified atom stereocenters. The Bertz CT molecular complexity index is 687. The second kappa shape index (κ2) is 6.56. The van der Waals surface area contributed by atoms with E-state index >= 15 is 0 Å². The van der Waals surface area contributed by atoms with Crippen LogP contribution in [0.1, 0.15) is 47.8 Å². The molecular formula is C17H25N5O. The van der Waals surface area contributed by atoms with Crippen LogP contribution in [0.2, 0.25) is 0 Å². The van der Waals surface area contributed by atoms with Gasteiger partial charge in [-0.1, -0.05) is 0 Å². The standard InChI is InChI=1S/C17H25N5O/c1-12-10-18-19-17(12)15-6-8-21(11-15)16(23)5-4-7-22-14(3)9-13(2)20-22/h9-10,15H,4-8,11H2,1-3H3,(H,18,19)/t15-/m0/s1. The number of hydrogen-bond donors (Lipinski definition) is 1. The van der Waals surface area contributed by atoms with E-state index in [0.29, 0.717) is 12.3 Å². The molecule has 1 N–H and O–H groups in total. The molecule has 124 valence electrons. The highest BCUT2D eigenvalue weighted by atomic mass is 16.2. The number of aromatic amines is 1. The van der Waals surface area contributed by atoms with Gasteiger partial charge in [0.25, 0.3) is 0 Å². The van der Waals surface area contributed by atoms with E-state index in [4.69, 9.17) is 0 Å². The van der Waals surface area contributed by atoms with E-state index < -0.39 is 0 Å². The number of H-pyrrole nitrogens is 1. The maximum atomic E-state index is 12.4. The summed E-state index contributed by atoms with van der Waals surface area (Å²) in [5, 5.41) is 11.6. The molecule has 1 aliphatic heterocycles. The molecule has 23 heavy (non-hydrogen) atoms. The summed E-state index contributed by atoms with van der Waals surface area (Å²) in [6.07, 6.45) is 4.30. The Kier molecular flexibility index (Phi) is 4.50. The summed E-state index contributed by atoms with van der Waals surface area (Å²) in [5.41, 5.74) is 4.56. The lowest BCUT2D eigenvalue weighted by Gasteiger charge is -2.16. The van der Waals surface area contributed by atoms with E-state index in [2.05, 4.69) is 35.2 Å². The Hall–Kier alpha value is -2.11. The van der Waals surface area contributed by atoms with Crippen molar-refractivity contribution >= 4 is 5.91 Å². The fourth-order valence-corrected chi connectivity index (χ4v) is 3.43. The Morgan fingerprint density at radius 1 is 1.39 bits per heavy atom. The van der Waals surface area contributed by atoms with Gasteiger partial charge in [0.05, 0.1) is 11.9 Å². The molecule has 0 bridgehead atoms. The summed E-state index contributed by atoms with van der Waals surface area (Å²) in [5.74, 6) is 0.656. The van der Waals surface area contributed by atoms with Crippen molar-refractivity contribution in [1.29, 1.82) is 0 Å². The average Bonchev–Trinajstić information content (AvgIpc) is 3.20. The van der Waals surface area contributed by atoms with E-state index in [1.165, 1.54) is 11.3 Å². The predicted molar refractivity (Wildman–Crippen MR) is 88.2 cm³/mol. The number of carbonyl (C=O) groups excluding carboxylic acids is 1. The molecule has 0 spiro atoms. The van der Waals surface area contributed by atoms with Crippen LogP contribution in [-0.2, 0) is 11.3 Å². The number of aryl methyl sites for hydroxylation is 4. The molecular weight excluding hydrogens is 290 g/mol. The van der Waals surface area contributed by atoms with Crippen molar-refractivity contribution in [3.05, 3.63) is 34.9 Å². The van der Waals surface area contributed by atoms with Crippen LogP contribution in [0.4, 0.5) is 0 Å². The van der Waals surface area contributed by atoms with Gasteiger partial charge in [0.1, 0.15) is 0 Å². The monoisotopic (exact) mass is 315 g/mol. The van der Waals surface area contributed by atoms with Crippen LogP contribution in [0, 0.1) is 20.8 Å². The summed E-state index contributed by atoms with van der Waals surface area (Å²) in [6, 6.07) is 2.07. The zero-order chi connectivity index (χ0) is 16.4. The van der Waals surface area contributed by atoms with Crippen molar-refractivity contribution in [3.8, 4) is 0 Å². The molecule has 0 aromatic carbocycles. The van der Waals surface area contributed by atoms with Crippen LogP contribution in [0.25, 0.3) is 0 Å². The first-order valence-corrected chi connectivity index (χ1v) is 8.33. The summed E-state index contributed by atoms with van der Waals surface area (Å²) < 4.78 is 1.99. The number of nitrogens with one attached hydrogen (secondary N) is 1. The van der Waals surface area contributed by atoms with Crippen molar-refractivity contribution in [1.82, 2.24) is 24.9 Å². The van der Waals surface area contributed by atoms with Crippen LogP contribution in [0.5, 0.6) is 0 Å². The summed E-state index contributed by atoms with van der Waals surface area (Å²) in [4.78, 5) is 14.4. The van der Waals surface area contributed by atoms with Crippen LogP contribution >= 0.6 is 0 Å². The molecule has 2 aromatic rings. The highest BCUT2D eigenvalue weighted by molar-refractivity contribution is 5.76. The maximum absolute atomic E-state index is 12.4. The fraction of sp³-hybridized carbons (Fsp3) is 0.588. The average molecular weight is 315 g/mol. The van der Waals surface area contributed by atoms with Gasteiger partial charge < -0.3 is 4.90 Å². The molecule has 0 aliphatic carbocycles. The lowest BCUT2D eigenvalue weighted by Crippen LogP contribution is -2.28. The first-order chi connectivity index (χ1) is 11.0. The van der Waals surface area contributed by atoms with Crippen molar-refractivity contribution in [2.75, 3.05) is 13.1 Å². The van der Waals surface area contributed by atoms with E-state index in [9.17, 15) is 4.79 Å². The molecule has 6 nitrogen and oxygen atoms in total. The number of likely N-dealkylation sites (tertiary alicyclic amines) is 1. The summed E-state index contributed by atoms with van der Waals surface area (Å²) >= 11 is 0. The van der Waals surface area contributed by atoms with Crippen molar-refractivity contribution in [2.24, 2.45) is 0 Å². The lowest BCUT2D eigenvalue weighted by atomic mass is 10.0. The molecule has 0 saturated carbocycles. The minimum atomic E-state index is 0.256. The first-order valence-electron chi connectivity index (χ1n) is 8.33. The maximum Gasteiger partial charge on any atom is 0.222 e. The van der Waals surface area contributed by atoms with Crippen LogP contribution < -0.4 is 0 Å². The molecule has 1 saturated heterocycles. The number of hydrogen-bond acceptors (Lipinski definition) is 3. The summed E-state index contributed by atoms with van der Waals surface area (Å²) in [6.45, 7) is 8.58. The van der Waals surface area contributed by atoms with Gasteiger partial charge in [0.15, 0.2) is 0 Å². The Balaban J connectivity index is 1.48. The highest BCUT2D eigenvalue weighted by Gasteiger charge is 2.28. The van der Waals surface area contributed by atoms with Crippen molar-refractivity contribution in [2.45, 2.75) is 52.5 Å². The Labute approximate surface area is 136 Å². The van der Waals surface area contributed by atoms with E-state index in [-0.39, 0.29) is 5.91 Å². The Morgan fingerprint density at radius 3 is 2.87 bits per heavy atom. The minimum absolute atomic E-state index is 0.256. The lowest BCUT2D eigenvalue weighted by molar-refractivity contribution is -0.130. The second-order valence-corrected chi connectivity index (χ2v) is 6.55. The predicted octanol–water partition coefficient (Wildman–Crippen LogP) is 2.33. The van der Waals surface area contributed by atoms with Crippen molar-refractivity contribution < 1.29 is 4.79 Å². The number of rotatable bonds is 5. The van der Waals surface area contributed by atoms with E-state index in [0.717, 1.165) is 43.9 Å². The third kappa shape index (κ3) is 3.46. The highest BCUT2D eigenvalue weighted by Crippen LogP contribution is 2.28. The third-order valence-corrected chi connectivity index (χ3v) is 4.68.